The standard InChI is InChI=1S/C15H27N3O2/c1-3-20-13-11-12(15(13)5-9-19-10-6-15)17-14-16-7-4-8-18(14)2/h12-13H,3-11H2,1-2H3,(H,16,17). The van der Waals surface area contributed by atoms with Crippen LogP contribution in [0.2, 0.25) is 0 Å². The summed E-state index contributed by atoms with van der Waals surface area (Å²) in [6, 6.07) is 0.488. The lowest BCUT2D eigenvalue weighted by Gasteiger charge is -2.58. The van der Waals surface area contributed by atoms with E-state index in [1.165, 1.54) is 0 Å². The monoisotopic (exact) mass is 281 g/mol. The van der Waals surface area contributed by atoms with Gasteiger partial charge in [-0.05, 0) is 32.6 Å². The van der Waals surface area contributed by atoms with Crippen LogP contribution in [0.5, 0.6) is 0 Å². The molecule has 5 heteroatoms. The van der Waals surface area contributed by atoms with Crippen molar-refractivity contribution in [2.45, 2.75) is 44.8 Å². The average Bonchev–Trinajstić information content (AvgIpc) is 2.49. The van der Waals surface area contributed by atoms with Gasteiger partial charge in [-0.2, -0.15) is 0 Å². The van der Waals surface area contributed by atoms with Crippen molar-refractivity contribution in [2.24, 2.45) is 10.4 Å². The Balaban J connectivity index is 1.68. The Morgan fingerprint density at radius 1 is 1.45 bits per heavy atom. The molecule has 2 unspecified atom stereocenters. The summed E-state index contributed by atoms with van der Waals surface area (Å²) < 4.78 is 11.5. The highest BCUT2D eigenvalue weighted by Crippen LogP contribution is 2.50. The molecule has 3 rings (SSSR count). The van der Waals surface area contributed by atoms with Crippen molar-refractivity contribution in [2.75, 3.05) is 40.0 Å². The van der Waals surface area contributed by atoms with Gasteiger partial charge in [0, 0.05) is 51.4 Å². The molecule has 1 saturated heterocycles. The van der Waals surface area contributed by atoms with Crippen LogP contribution in [0.4, 0.5) is 0 Å². The molecule has 0 amide bonds. The molecule has 20 heavy (non-hydrogen) atoms. The topological polar surface area (TPSA) is 46.1 Å². The Hall–Kier alpha value is -0.810. The highest BCUT2D eigenvalue weighted by molar-refractivity contribution is 5.80. The minimum absolute atomic E-state index is 0.259. The summed E-state index contributed by atoms with van der Waals surface area (Å²) in [7, 11) is 2.13. The van der Waals surface area contributed by atoms with Crippen LogP contribution < -0.4 is 5.32 Å². The van der Waals surface area contributed by atoms with Gasteiger partial charge in [0.1, 0.15) is 0 Å². The molecule has 2 fully saturated rings. The quantitative estimate of drug-likeness (QED) is 0.845. The lowest BCUT2D eigenvalue weighted by Crippen LogP contribution is -2.67. The molecule has 5 nitrogen and oxygen atoms in total. The molecular formula is C15H27N3O2. The van der Waals surface area contributed by atoms with E-state index >= 15 is 0 Å². The van der Waals surface area contributed by atoms with Gasteiger partial charge in [0.15, 0.2) is 5.96 Å². The number of nitrogens with zero attached hydrogens (tertiary/aromatic N) is 2. The second-order valence-electron chi connectivity index (χ2n) is 6.20. The molecule has 0 aromatic rings. The Labute approximate surface area is 121 Å². The summed E-state index contributed by atoms with van der Waals surface area (Å²) in [6.45, 7) is 6.68. The van der Waals surface area contributed by atoms with Crippen molar-refractivity contribution in [1.82, 2.24) is 10.2 Å². The summed E-state index contributed by atoms with van der Waals surface area (Å²) in [5.74, 6) is 1.07. The molecule has 2 heterocycles. The van der Waals surface area contributed by atoms with Gasteiger partial charge in [0.25, 0.3) is 0 Å². The summed E-state index contributed by atoms with van der Waals surface area (Å²) in [6.07, 6.45) is 4.86. The second-order valence-corrected chi connectivity index (χ2v) is 6.20. The molecule has 2 atom stereocenters. The molecule has 1 spiro atoms. The SMILES string of the molecule is CCOC1CC(NC2=NCCCN2C)C12CCOCC2. The zero-order chi connectivity index (χ0) is 14.0. The van der Waals surface area contributed by atoms with Gasteiger partial charge >= 0.3 is 0 Å². The van der Waals surface area contributed by atoms with Crippen molar-refractivity contribution in [3.05, 3.63) is 0 Å². The summed E-state index contributed by atoms with van der Waals surface area (Å²) >= 11 is 0. The lowest BCUT2D eigenvalue weighted by molar-refractivity contribution is -0.169. The first-order valence-electron chi connectivity index (χ1n) is 7.98. The molecule has 3 aliphatic rings. The molecule has 1 saturated carbocycles. The van der Waals surface area contributed by atoms with Gasteiger partial charge in [-0.3, -0.25) is 4.99 Å². The van der Waals surface area contributed by atoms with Gasteiger partial charge < -0.3 is 19.7 Å². The third kappa shape index (κ3) is 2.42. The van der Waals surface area contributed by atoms with E-state index in [9.17, 15) is 0 Å². The van der Waals surface area contributed by atoms with Crippen LogP contribution in [-0.2, 0) is 9.47 Å². The van der Waals surface area contributed by atoms with Crippen LogP contribution in [0.15, 0.2) is 4.99 Å². The molecule has 2 aliphatic heterocycles. The number of ether oxygens (including phenoxy) is 2. The van der Waals surface area contributed by atoms with Gasteiger partial charge in [0.05, 0.1) is 6.10 Å². The first-order chi connectivity index (χ1) is 9.76. The van der Waals surface area contributed by atoms with Gasteiger partial charge in [0.2, 0.25) is 0 Å². The second kappa shape index (κ2) is 5.90. The normalized spacial score (nSPS) is 32.7. The molecule has 1 aliphatic carbocycles. The number of hydrogen-bond acceptors (Lipinski definition) is 5. The minimum Gasteiger partial charge on any atom is -0.381 e. The Bertz CT molecular complexity index is 366. The molecule has 0 bridgehead atoms. The predicted molar refractivity (Wildman–Crippen MR) is 79.0 cm³/mol. The molecule has 1 N–H and O–H groups in total. The van der Waals surface area contributed by atoms with E-state index in [1.54, 1.807) is 0 Å². The smallest absolute Gasteiger partial charge is 0.193 e. The van der Waals surface area contributed by atoms with Crippen molar-refractivity contribution in [3.63, 3.8) is 0 Å². The van der Waals surface area contributed by atoms with Crippen molar-refractivity contribution in [1.29, 1.82) is 0 Å². The number of nitrogens with one attached hydrogen (secondary N) is 1. The maximum Gasteiger partial charge on any atom is 0.193 e. The number of guanidine groups is 1. The fourth-order valence-electron chi connectivity index (χ4n) is 3.84. The van der Waals surface area contributed by atoms with Crippen LogP contribution in [-0.4, -0.2) is 63.0 Å². The van der Waals surface area contributed by atoms with Crippen molar-refractivity contribution >= 4 is 5.96 Å². The van der Waals surface area contributed by atoms with E-state index in [4.69, 9.17) is 9.47 Å². The maximum atomic E-state index is 5.97. The average molecular weight is 281 g/mol. The Morgan fingerprint density at radius 3 is 2.95 bits per heavy atom. The zero-order valence-electron chi connectivity index (χ0n) is 12.7. The van der Waals surface area contributed by atoms with E-state index in [-0.39, 0.29) is 5.41 Å². The summed E-state index contributed by atoms with van der Waals surface area (Å²) in [5.41, 5.74) is 0.259. The molecule has 114 valence electrons. The lowest BCUT2D eigenvalue weighted by atomic mass is 9.57. The van der Waals surface area contributed by atoms with Crippen LogP contribution in [0.3, 0.4) is 0 Å². The maximum absolute atomic E-state index is 5.97. The number of aliphatic imine (C=N–C) groups is 1. The van der Waals surface area contributed by atoms with Crippen molar-refractivity contribution < 1.29 is 9.47 Å². The van der Waals surface area contributed by atoms with Crippen LogP contribution in [0.25, 0.3) is 0 Å². The Kier molecular flexibility index (Phi) is 4.17. The van der Waals surface area contributed by atoms with E-state index in [0.29, 0.717) is 12.1 Å². The fraction of sp³-hybridized carbons (Fsp3) is 0.933. The van der Waals surface area contributed by atoms with Gasteiger partial charge in [-0.1, -0.05) is 0 Å². The summed E-state index contributed by atoms with van der Waals surface area (Å²) in [5, 5.41) is 3.69. The van der Waals surface area contributed by atoms with Gasteiger partial charge in [-0.15, -0.1) is 0 Å². The predicted octanol–water partition coefficient (Wildman–Crippen LogP) is 1.24. The van der Waals surface area contributed by atoms with Gasteiger partial charge in [-0.25, -0.2) is 0 Å². The van der Waals surface area contributed by atoms with Crippen molar-refractivity contribution in [3.8, 4) is 0 Å². The highest BCUT2D eigenvalue weighted by Gasteiger charge is 2.56. The first-order valence-corrected chi connectivity index (χ1v) is 7.98. The van der Waals surface area contributed by atoms with E-state index in [0.717, 1.165) is 64.6 Å². The molecule has 0 radical (unpaired) electrons. The van der Waals surface area contributed by atoms with Crippen LogP contribution in [0, 0.1) is 5.41 Å². The molecular weight excluding hydrogens is 254 g/mol. The third-order valence-corrected chi connectivity index (χ3v) is 5.15. The van der Waals surface area contributed by atoms with Crippen LogP contribution in [0.1, 0.15) is 32.6 Å². The molecule has 0 aromatic carbocycles. The minimum atomic E-state index is 0.259. The number of hydrogen-bond donors (Lipinski definition) is 1. The largest absolute Gasteiger partial charge is 0.381 e. The third-order valence-electron chi connectivity index (χ3n) is 5.15. The highest BCUT2D eigenvalue weighted by atomic mass is 16.5. The van der Waals surface area contributed by atoms with Crippen LogP contribution >= 0.6 is 0 Å². The van der Waals surface area contributed by atoms with E-state index in [2.05, 4.69) is 29.2 Å². The van der Waals surface area contributed by atoms with E-state index in [1.807, 2.05) is 0 Å². The first kappa shape index (κ1) is 14.1. The summed E-state index contributed by atoms with van der Waals surface area (Å²) in [4.78, 5) is 6.88. The Morgan fingerprint density at radius 2 is 2.25 bits per heavy atom. The fourth-order valence-corrected chi connectivity index (χ4v) is 3.84. The molecule has 0 aromatic heterocycles. The zero-order valence-corrected chi connectivity index (χ0v) is 12.7. The number of rotatable bonds is 3. The van der Waals surface area contributed by atoms with E-state index < -0.39 is 0 Å².